The predicted octanol–water partition coefficient (Wildman–Crippen LogP) is 14.5. The number of nitrogens with one attached hydrogen (secondary N) is 14. The highest BCUT2D eigenvalue weighted by Crippen LogP contribution is 2.45. The molecule has 0 aromatic heterocycles. The molecule has 9 aromatic rings. The molecule has 8 atom stereocenters. The Balaban J connectivity index is 0.000000282. The van der Waals surface area contributed by atoms with Crippen LogP contribution in [0.25, 0.3) is 11.1 Å². The lowest BCUT2D eigenvalue weighted by Gasteiger charge is -2.32. The third-order valence-electron chi connectivity index (χ3n) is 26.0. The van der Waals surface area contributed by atoms with Crippen LogP contribution in [0.2, 0.25) is 0 Å². The number of Topliss-reactive ketones (excluding diaryl/α,β-unsaturated/α-hetero) is 2. The van der Waals surface area contributed by atoms with Crippen molar-refractivity contribution < 1.29 is 90.5 Å². The zero-order chi connectivity index (χ0) is 106. The Labute approximate surface area is 859 Å². The molecule has 0 spiro atoms. The maximum Gasteiger partial charge on any atom is 0.407 e. The number of alkyl carbamates (subject to hydrolysis) is 1. The Kier molecular flexibility index (Phi) is 42.9. The molecular weight excluding hydrogens is 1890 g/mol. The molecule has 2 fully saturated rings. The molecule has 2 saturated carbocycles. The number of rotatable bonds is 46. The maximum absolute atomic E-state index is 15.1. The number of ketones is 2. The number of amides is 14. The summed E-state index contributed by atoms with van der Waals surface area (Å²) >= 11 is 0. The third-order valence-corrected chi connectivity index (χ3v) is 26.0. The summed E-state index contributed by atoms with van der Waals surface area (Å²) in [4.78, 5) is 205. The van der Waals surface area contributed by atoms with Crippen molar-refractivity contribution in [3.8, 4) is 11.1 Å². The van der Waals surface area contributed by atoms with Crippen molar-refractivity contribution in [3.63, 3.8) is 0 Å². The normalized spacial score (nSPS) is 14.7. The van der Waals surface area contributed by atoms with Crippen molar-refractivity contribution in [2.24, 2.45) is 33.9 Å². The Morgan fingerprint density at radius 1 is 0.372 bits per heavy atom. The van der Waals surface area contributed by atoms with E-state index in [-0.39, 0.29) is 73.2 Å². The number of fused-ring (bicyclic) bond motifs is 3. The van der Waals surface area contributed by atoms with Crippen LogP contribution in [0.5, 0.6) is 0 Å². The molecule has 780 valence electrons. The summed E-state index contributed by atoms with van der Waals surface area (Å²) in [5, 5.41) is 51.1. The fourth-order valence-corrected chi connectivity index (χ4v) is 18.8. The van der Waals surface area contributed by atoms with Crippen molar-refractivity contribution in [1.29, 1.82) is 0 Å². The molecule has 12 rings (SSSR count). The van der Waals surface area contributed by atoms with Crippen molar-refractivity contribution in [1.82, 2.24) is 74.7 Å². The Hall–Kier alpha value is -16.0. The highest BCUT2D eigenvalue weighted by molar-refractivity contribution is 6.42. The average molecular weight is 2020 g/mol. The van der Waals surface area contributed by atoms with Crippen LogP contribution in [0.1, 0.15) is 253 Å². The second-order valence-electron chi connectivity index (χ2n) is 37.9. The maximum atomic E-state index is 15.1. The SMILES string of the molecule is CCC[C@H](NC(=O)[C@H](CC(C)C)NC(=O)[C@@H](NC(=O)OCC1c2ccccc2-c2ccccc21)C1CCCCC1)C(=NNC(=O)NC(c1ccccc1)c1ccccc1)C(=O)NCC(=O)N[C@H](C(C)=O)c1ccccc1.CCC[C@H](NC(=O)[C@H](CC(C)C)NC(=O)[C@@H](NC(=O)c1c(F)ccc(F)c1C(=O)O)C1CCCCC1)C(=NNC(=O)NC(c1ccccc1)c1ccccc1)C(=O)NCC(=O)N[C@H](C(C)=O)c1ccccc1. The minimum atomic E-state index is -1.89. The summed E-state index contributed by atoms with van der Waals surface area (Å²) in [6.07, 6.45) is 7.66. The van der Waals surface area contributed by atoms with Crippen LogP contribution in [0.15, 0.2) is 253 Å². The number of carboxylic acid groups (broad SMARTS) is 1. The number of ether oxygens (including phenoxy) is 1. The molecule has 35 heteroatoms. The summed E-state index contributed by atoms with van der Waals surface area (Å²) < 4.78 is 35.7. The first-order valence-corrected chi connectivity index (χ1v) is 50.4. The smallest absolute Gasteiger partial charge is 0.407 e. The van der Waals surface area contributed by atoms with Gasteiger partial charge in [0.1, 0.15) is 71.5 Å². The highest BCUT2D eigenvalue weighted by Gasteiger charge is 2.41. The van der Waals surface area contributed by atoms with E-state index in [1.54, 1.807) is 81.4 Å². The van der Waals surface area contributed by atoms with Gasteiger partial charge in [-0.15, -0.1) is 0 Å². The zero-order valence-electron chi connectivity index (χ0n) is 84.3. The van der Waals surface area contributed by atoms with E-state index in [4.69, 9.17) is 4.74 Å². The average Bonchev–Trinajstić information content (AvgIpc) is 1.61. The van der Waals surface area contributed by atoms with E-state index in [9.17, 15) is 81.4 Å². The number of halogens is 2. The number of carboxylic acids is 1. The third kappa shape index (κ3) is 32.5. The number of benzene rings is 9. The molecule has 3 aliphatic carbocycles. The second kappa shape index (κ2) is 56.5. The van der Waals surface area contributed by atoms with Crippen LogP contribution in [0.4, 0.5) is 23.2 Å². The van der Waals surface area contributed by atoms with Crippen molar-refractivity contribution in [2.75, 3.05) is 19.7 Å². The largest absolute Gasteiger partial charge is 0.478 e. The van der Waals surface area contributed by atoms with Gasteiger partial charge in [-0.2, -0.15) is 10.2 Å². The summed E-state index contributed by atoms with van der Waals surface area (Å²) in [5.41, 5.74) is 10.2. The standard InChI is InChI=1S/C60H70N8O8.C53H62F2N8O9/c1-5-22-49(55(57(72)61-36-51(70)64-52(39(4)69)40-23-10-6-11-24-40)67-68-59(74)65-53(41-25-12-7-13-26-41)42-27-14-8-15-28-42)62-56(71)50(35-38(2)3)63-58(73)54(43-29-16-9-17-30-43)66-60(75)76-37-48-46-33-20-18-31-44(46)45-32-19-21-34-47(45)48;1-5-18-39(57-48(66)40(29-31(2)3)58-51(69)46(36-25-16-9-17-26-36)60-49(67)42-37(54)27-28-38(55)43(42)52(70)71)47(50(68)56-30-41(65)59-44(32(4)64)33-19-10-6-11-20-33)62-63-53(72)61-45(34-21-12-7-13-22-34)35-23-14-8-15-24-35/h6-8,10-15,18-21,23-28,31-34,38,43,48-50,52-54H,5,9,16-17,22,29-30,35-37H2,1-4H3,(H,61,72)(H,62,71)(H,63,73)(H,64,70)(H,66,75)(H2,65,68,74);6-8,10-15,19-24,27-28,31,36,39-40,44-46H,5,9,16-18,25-26,29-30H2,1-4H3,(H,56,68)(H,57,66)(H,58,69)(H,59,65)(H,60,67)(H,70,71)(H2,61,63,72)/t49-,50-,52+,54-;39-,40-,44+,46-/m00/s1. The van der Waals surface area contributed by atoms with E-state index in [0.29, 0.717) is 74.6 Å². The molecule has 15 N–H and O–H groups in total. The monoisotopic (exact) mass is 2020 g/mol. The lowest BCUT2D eigenvalue weighted by Crippen LogP contribution is -2.59. The van der Waals surface area contributed by atoms with Gasteiger partial charge in [-0.05, 0) is 157 Å². The minimum Gasteiger partial charge on any atom is -0.478 e. The number of carbonyl (C=O) groups is 15. The number of hydrogen-bond acceptors (Lipinski definition) is 18. The zero-order valence-corrected chi connectivity index (χ0v) is 84.3. The van der Waals surface area contributed by atoms with E-state index in [0.717, 1.165) is 70.2 Å². The molecule has 148 heavy (non-hydrogen) atoms. The minimum absolute atomic E-state index is 0.0298. The molecular formula is C113H132F2N16O17. The van der Waals surface area contributed by atoms with Crippen molar-refractivity contribution in [2.45, 2.75) is 224 Å². The number of hydrogen-bond donors (Lipinski definition) is 15. The molecule has 3 aliphatic rings. The van der Waals surface area contributed by atoms with E-state index in [1.165, 1.54) is 13.8 Å². The molecule has 14 amide bonds. The lowest BCUT2D eigenvalue weighted by atomic mass is 9.83. The van der Waals surface area contributed by atoms with Crippen molar-refractivity contribution >= 4 is 100 Å². The number of urea groups is 2. The van der Waals surface area contributed by atoms with E-state index in [1.807, 2.05) is 178 Å². The molecule has 0 bridgehead atoms. The highest BCUT2D eigenvalue weighted by atomic mass is 19.1. The molecule has 9 aromatic carbocycles. The van der Waals surface area contributed by atoms with Crippen LogP contribution in [0, 0.1) is 35.3 Å². The Bertz CT molecular complexity index is 6010. The predicted molar refractivity (Wildman–Crippen MR) is 556 cm³/mol. The number of hydrazone groups is 2. The van der Waals surface area contributed by atoms with E-state index >= 15 is 4.39 Å². The van der Waals surface area contributed by atoms with Gasteiger partial charge in [0.15, 0.2) is 11.6 Å². The first kappa shape index (κ1) is 112. The quantitative estimate of drug-likeness (QED) is 0.0124. The first-order valence-electron chi connectivity index (χ1n) is 50.4. The molecule has 0 heterocycles. The van der Waals surface area contributed by atoms with Gasteiger partial charge < -0.3 is 73.6 Å². The van der Waals surface area contributed by atoms with Gasteiger partial charge in [0.25, 0.3) is 17.7 Å². The number of aromatic carboxylic acids is 1. The van der Waals surface area contributed by atoms with E-state index in [2.05, 4.69) is 97.0 Å². The van der Waals surface area contributed by atoms with Gasteiger partial charge in [-0.1, -0.05) is 323 Å². The van der Waals surface area contributed by atoms with Crippen LogP contribution in [-0.4, -0.2) is 161 Å². The van der Waals surface area contributed by atoms with Gasteiger partial charge in [0, 0.05) is 5.92 Å². The summed E-state index contributed by atoms with van der Waals surface area (Å²) in [7, 11) is 0. The van der Waals surface area contributed by atoms with Gasteiger partial charge in [-0.25, -0.2) is 38.8 Å². The van der Waals surface area contributed by atoms with Gasteiger partial charge in [0.2, 0.25) is 35.4 Å². The van der Waals surface area contributed by atoms with Crippen LogP contribution in [-0.2, 0) is 52.7 Å². The molecule has 33 nitrogen and oxygen atoms in total. The second-order valence-corrected chi connectivity index (χ2v) is 37.9. The van der Waals surface area contributed by atoms with E-state index < -0.39 is 185 Å². The summed E-state index contributed by atoms with van der Waals surface area (Å²) in [5.74, 6) is -13.9. The van der Waals surface area contributed by atoms with Crippen LogP contribution in [0.3, 0.4) is 0 Å². The number of carbonyl (C=O) groups excluding carboxylic acids is 14. The van der Waals surface area contributed by atoms with Gasteiger partial charge in [-0.3, -0.25) is 52.7 Å². The Morgan fingerprint density at radius 3 is 1.03 bits per heavy atom. The molecule has 0 aliphatic heterocycles. The molecule has 0 radical (unpaired) electrons. The topological polar surface area (TPSA) is 479 Å². The van der Waals surface area contributed by atoms with Gasteiger partial charge >= 0.3 is 24.1 Å². The lowest BCUT2D eigenvalue weighted by molar-refractivity contribution is -0.131. The molecule has 0 unspecified atom stereocenters. The Morgan fingerprint density at radius 2 is 0.696 bits per heavy atom. The fraction of sp³-hybridized carbons (Fsp3) is 0.372. The van der Waals surface area contributed by atoms with Crippen LogP contribution < -0.4 is 74.7 Å². The first-order chi connectivity index (χ1) is 71.3. The number of nitrogens with zero attached hydrogens (tertiary/aromatic N) is 2. The van der Waals surface area contributed by atoms with Crippen LogP contribution >= 0.6 is 0 Å². The van der Waals surface area contributed by atoms with Gasteiger partial charge in [0.05, 0.1) is 42.8 Å². The fourth-order valence-electron chi connectivity index (χ4n) is 18.8. The summed E-state index contributed by atoms with van der Waals surface area (Å²) in [6, 6.07) is 59.0. The van der Waals surface area contributed by atoms with Crippen molar-refractivity contribution in [3.05, 3.63) is 310 Å². The summed E-state index contributed by atoms with van der Waals surface area (Å²) in [6.45, 7) is 12.5. The molecule has 0 saturated heterocycles.